The average Bonchev–Trinajstić information content (AvgIpc) is 2.35. The largest absolute Gasteiger partial charge is 0.487 e. The van der Waals surface area contributed by atoms with Crippen LogP contribution in [0.2, 0.25) is 5.02 Å². The Hall–Kier alpha value is -1.23. The highest BCUT2D eigenvalue weighted by molar-refractivity contribution is 8.13. The first-order valence-corrected chi connectivity index (χ1v) is 8.88. The van der Waals surface area contributed by atoms with Crippen molar-refractivity contribution in [3.8, 4) is 5.75 Å². The number of aryl methyl sites for hydroxylation is 2. The highest BCUT2D eigenvalue weighted by Crippen LogP contribution is 2.29. The van der Waals surface area contributed by atoms with Crippen molar-refractivity contribution in [2.45, 2.75) is 25.3 Å². The molecule has 0 aliphatic rings. The van der Waals surface area contributed by atoms with E-state index in [0.29, 0.717) is 12.4 Å². The van der Waals surface area contributed by atoms with Crippen LogP contribution in [0, 0.1) is 13.8 Å². The van der Waals surface area contributed by atoms with Gasteiger partial charge in [0.2, 0.25) is 0 Å². The van der Waals surface area contributed by atoms with Crippen LogP contribution in [0.3, 0.4) is 0 Å². The van der Waals surface area contributed by atoms with Gasteiger partial charge < -0.3 is 4.74 Å². The van der Waals surface area contributed by atoms with E-state index in [1.54, 1.807) is 0 Å². The molecule has 0 aromatic heterocycles. The van der Waals surface area contributed by atoms with Crippen LogP contribution in [0.4, 0.5) is 0 Å². The van der Waals surface area contributed by atoms with Crippen LogP contribution in [0.5, 0.6) is 5.75 Å². The second-order valence-electron chi connectivity index (χ2n) is 4.81. The molecule has 0 bridgehead atoms. The summed E-state index contributed by atoms with van der Waals surface area (Å²) in [5.41, 5.74) is 3.34. The van der Waals surface area contributed by atoms with Gasteiger partial charge >= 0.3 is 0 Å². The maximum Gasteiger partial charge on any atom is 0.261 e. The maximum atomic E-state index is 11.2. The van der Waals surface area contributed by atoms with Gasteiger partial charge in [-0.25, -0.2) is 8.42 Å². The minimum atomic E-state index is -3.79. The van der Waals surface area contributed by atoms with Gasteiger partial charge in [-0.15, -0.1) is 0 Å². The fraction of sp³-hybridized carbons (Fsp3) is 0.200. The Balaban J connectivity index is 2.17. The van der Waals surface area contributed by atoms with Crippen LogP contribution in [-0.2, 0) is 15.7 Å². The summed E-state index contributed by atoms with van der Waals surface area (Å²) in [7, 11) is 1.48. The number of benzene rings is 2. The Bertz CT molecular complexity index is 750. The molecule has 2 rings (SSSR count). The van der Waals surface area contributed by atoms with Gasteiger partial charge in [-0.3, -0.25) is 0 Å². The molecular formula is C15H14Cl2O3S. The molecule has 0 heterocycles. The van der Waals surface area contributed by atoms with Crippen LogP contribution >= 0.6 is 22.3 Å². The predicted octanol–water partition coefficient (Wildman–Crippen LogP) is 4.46. The van der Waals surface area contributed by atoms with Gasteiger partial charge in [0.15, 0.2) is 0 Å². The third kappa shape index (κ3) is 4.37. The minimum absolute atomic E-state index is 0.0482. The monoisotopic (exact) mass is 344 g/mol. The molecule has 3 nitrogen and oxygen atoms in total. The van der Waals surface area contributed by atoms with Gasteiger partial charge in [-0.1, -0.05) is 40.9 Å². The highest BCUT2D eigenvalue weighted by atomic mass is 35.7. The lowest BCUT2D eigenvalue weighted by Gasteiger charge is -2.10. The summed E-state index contributed by atoms with van der Waals surface area (Å²) in [5.74, 6) is 0.417. The Labute approximate surface area is 133 Å². The van der Waals surface area contributed by atoms with Crippen LogP contribution in [0.1, 0.15) is 16.7 Å². The van der Waals surface area contributed by atoms with Crippen molar-refractivity contribution in [3.05, 3.63) is 58.1 Å². The van der Waals surface area contributed by atoms with Crippen molar-refractivity contribution < 1.29 is 13.2 Å². The average molecular weight is 345 g/mol. The van der Waals surface area contributed by atoms with E-state index in [9.17, 15) is 8.42 Å². The summed E-state index contributed by atoms with van der Waals surface area (Å²) in [6.45, 7) is 4.39. The summed E-state index contributed by atoms with van der Waals surface area (Å²) in [4.78, 5) is -0.0482. The molecule has 21 heavy (non-hydrogen) atoms. The Kier molecular flexibility index (Phi) is 4.81. The van der Waals surface area contributed by atoms with E-state index in [0.717, 1.165) is 16.7 Å². The zero-order valence-electron chi connectivity index (χ0n) is 11.6. The first-order chi connectivity index (χ1) is 9.75. The third-order valence-electron chi connectivity index (χ3n) is 2.86. The summed E-state index contributed by atoms with van der Waals surface area (Å²) in [5, 5.41) is 0.209. The molecule has 0 N–H and O–H groups in total. The van der Waals surface area contributed by atoms with Crippen LogP contribution in [-0.4, -0.2) is 8.42 Å². The van der Waals surface area contributed by atoms with E-state index in [1.807, 2.05) is 26.0 Å². The Morgan fingerprint density at radius 1 is 1.05 bits per heavy atom. The van der Waals surface area contributed by atoms with Crippen molar-refractivity contribution in [2.24, 2.45) is 0 Å². The lowest BCUT2D eigenvalue weighted by molar-refractivity contribution is 0.306. The highest BCUT2D eigenvalue weighted by Gasteiger charge is 2.13. The zero-order chi connectivity index (χ0) is 15.6. The van der Waals surface area contributed by atoms with Gasteiger partial charge in [0.05, 0.1) is 9.92 Å². The topological polar surface area (TPSA) is 43.4 Å². The molecule has 0 unspecified atom stereocenters. The van der Waals surface area contributed by atoms with E-state index in [2.05, 4.69) is 6.07 Å². The number of hydrogen-bond acceptors (Lipinski definition) is 3. The minimum Gasteiger partial charge on any atom is -0.487 e. The molecular weight excluding hydrogens is 331 g/mol. The predicted molar refractivity (Wildman–Crippen MR) is 84.7 cm³/mol. The fourth-order valence-electron chi connectivity index (χ4n) is 2.06. The molecule has 0 saturated heterocycles. The number of halogens is 2. The second kappa shape index (κ2) is 6.26. The molecule has 0 radical (unpaired) electrons. The van der Waals surface area contributed by atoms with Crippen LogP contribution in [0.25, 0.3) is 0 Å². The molecule has 0 spiro atoms. The molecule has 0 fully saturated rings. The molecule has 0 atom stereocenters. The van der Waals surface area contributed by atoms with Crippen molar-refractivity contribution in [2.75, 3.05) is 0 Å². The van der Waals surface area contributed by atoms with Gasteiger partial charge in [0.1, 0.15) is 12.4 Å². The lowest BCUT2D eigenvalue weighted by Crippen LogP contribution is -1.98. The fourth-order valence-corrected chi connectivity index (χ4v) is 3.14. The summed E-state index contributed by atoms with van der Waals surface area (Å²) in [6, 6.07) is 10.3. The Morgan fingerprint density at radius 2 is 1.67 bits per heavy atom. The van der Waals surface area contributed by atoms with E-state index in [4.69, 9.17) is 27.0 Å². The first kappa shape index (κ1) is 16.1. The second-order valence-corrected chi connectivity index (χ2v) is 7.79. The molecule has 2 aromatic carbocycles. The molecule has 6 heteroatoms. The van der Waals surface area contributed by atoms with Gasteiger partial charge in [0, 0.05) is 10.7 Å². The molecule has 0 aliphatic carbocycles. The third-order valence-corrected chi connectivity index (χ3v) is 4.51. The standard InChI is InChI=1S/C15H14Cl2O3S/c1-10-5-11(2)7-12(6-10)9-20-15-4-3-13(8-14(15)16)21(17,18)19/h3-8H,9H2,1-2H3. The molecule has 0 aliphatic heterocycles. The van der Waals surface area contributed by atoms with Crippen LogP contribution in [0.15, 0.2) is 41.3 Å². The smallest absolute Gasteiger partial charge is 0.261 e. The van der Waals surface area contributed by atoms with Crippen LogP contribution < -0.4 is 4.74 Å². The summed E-state index contributed by atoms with van der Waals surface area (Å²) >= 11 is 6.02. The van der Waals surface area contributed by atoms with Crippen molar-refractivity contribution in [3.63, 3.8) is 0 Å². The molecule has 0 saturated carbocycles. The van der Waals surface area contributed by atoms with Gasteiger partial charge in [-0.2, -0.15) is 0 Å². The number of ether oxygens (including phenoxy) is 1. The van der Waals surface area contributed by atoms with Crippen molar-refractivity contribution >= 4 is 31.3 Å². The quantitative estimate of drug-likeness (QED) is 0.768. The van der Waals surface area contributed by atoms with E-state index >= 15 is 0 Å². The van der Waals surface area contributed by atoms with E-state index in [-0.39, 0.29) is 9.92 Å². The maximum absolute atomic E-state index is 11.2. The molecule has 112 valence electrons. The molecule has 0 amide bonds. The SMILES string of the molecule is Cc1cc(C)cc(COc2ccc(S(=O)(=O)Cl)cc2Cl)c1. The van der Waals surface area contributed by atoms with E-state index in [1.165, 1.54) is 18.2 Å². The van der Waals surface area contributed by atoms with Crippen molar-refractivity contribution in [1.82, 2.24) is 0 Å². The van der Waals surface area contributed by atoms with Gasteiger partial charge in [0.25, 0.3) is 9.05 Å². The number of hydrogen-bond donors (Lipinski definition) is 0. The summed E-state index contributed by atoms with van der Waals surface area (Å²) in [6.07, 6.45) is 0. The normalized spacial score (nSPS) is 11.4. The zero-order valence-corrected chi connectivity index (χ0v) is 13.9. The summed E-state index contributed by atoms with van der Waals surface area (Å²) < 4.78 is 28.1. The van der Waals surface area contributed by atoms with Gasteiger partial charge in [-0.05, 0) is 37.6 Å². The Morgan fingerprint density at radius 3 is 2.19 bits per heavy atom. The molecule has 2 aromatic rings. The first-order valence-electron chi connectivity index (χ1n) is 6.20. The number of rotatable bonds is 4. The van der Waals surface area contributed by atoms with E-state index < -0.39 is 9.05 Å². The lowest BCUT2D eigenvalue weighted by atomic mass is 10.1. The van der Waals surface area contributed by atoms with Crippen molar-refractivity contribution in [1.29, 1.82) is 0 Å².